The van der Waals surface area contributed by atoms with Gasteiger partial charge in [0.25, 0.3) is 0 Å². The Bertz CT molecular complexity index is 3010. The van der Waals surface area contributed by atoms with Crippen LogP contribution in [0.4, 0.5) is 10.7 Å². The molecule has 2 aromatic heterocycles. The summed E-state index contributed by atoms with van der Waals surface area (Å²) >= 11 is 0. The first-order chi connectivity index (χ1) is 31.4. The smallest absolute Gasteiger partial charge is 0.407 e. The van der Waals surface area contributed by atoms with Gasteiger partial charge >= 0.3 is 6.09 Å². The number of nitrogens with two attached hydrogens (primary N) is 1. The lowest BCUT2D eigenvalue weighted by Crippen LogP contribution is -2.41. The number of carbonyl (C=O) groups is 1. The van der Waals surface area contributed by atoms with Gasteiger partial charge in [-0.2, -0.15) is 9.10 Å². The zero-order chi connectivity index (χ0) is 47.4. The van der Waals surface area contributed by atoms with Crippen molar-refractivity contribution in [3.8, 4) is 39.8 Å². The summed E-state index contributed by atoms with van der Waals surface area (Å²) in [5.41, 5.74) is 8.59. The molecule has 66 heavy (non-hydrogen) atoms. The van der Waals surface area contributed by atoms with Crippen LogP contribution in [0.1, 0.15) is 44.4 Å². The fourth-order valence-corrected chi connectivity index (χ4v) is 11.2. The predicted octanol–water partition coefficient (Wildman–Crippen LogP) is 6.62. The number of benzene rings is 5. The van der Waals surface area contributed by atoms with Crippen molar-refractivity contribution in [1.82, 2.24) is 39.8 Å². The SMILES string of the molecule is COc1ccc(CN(Cc2ccc(OC)cc2)S(=O)(=O)c2c(S(=O)(=O)CC(C)NC(=O)OC(C)(C)C)ccc(-c3cccc4[nH]c(N)nc34)c2-c2nnn(Cc3ccc(OC)cc3)n2)cc1. The standard InChI is InChI=1S/C46H51N9O9S2/c1-29(48-45(56)64-46(2,3)4)28-65(57,58)39-24-23-36(37-9-8-10-38-41(37)50-44(47)49-38)40(43-51-53-55(52-43)27-32-15-21-35(63-7)22-16-32)42(39)66(59,60)54(25-30-11-17-33(61-5)18-12-30)26-31-13-19-34(62-6)20-14-31/h8-24,29H,25-28H2,1-7H3,(H,48,56)(H3,47,49,50). The number of sulfonamides is 1. The summed E-state index contributed by atoms with van der Waals surface area (Å²) < 4.78 is 84.8. The molecule has 1 unspecified atom stereocenters. The summed E-state index contributed by atoms with van der Waals surface area (Å²) in [5, 5.41) is 16.0. The predicted molar refractivity (Wildman–Crippen MR) is 248 cm³/mol. The third-order valence-corrected chi connectivity index (χ3v) is 14.3. The van der Waals surface area contributed by atoms with E-state index < -0.39 is 53.1 Å². The van der Waals surface area contributed by atoms with Crippen molar-refractivity contribution in [3.63, 3.8) is 0 Å². The van der Waals surface area contributed by atoms with E-state index in [1.54, 1.807) is 107 Å². The number of sulfone groups is 1. The number of hydrogen-bond donors (Lipinski definition) is 3. The van der Waals surface area contributed by atoms with Crippen molar-refractivity contribution >= 4 is 42.9 Å². The zero-order valence-corrected chi connectivity index (χ0v) is 39.1. The Morgan fingerprint density at radius 3 is 1.89 bits per heavy atom. The van der Waals surface area contributed by atoms with Gasteiger partial charge in [-0.1, -0.05) is 54.6 Å². The fourth-order valence-electron chi connectivity index (χ4n) is 7.28. The molecule has 1 atom stereocenters. The second-order valence-corrected chi connectivity index (χ2v) is 20.3. The normalized spacial score (nSPS) is 12.5. The summed E-state index contributed by atoms with van der Waals surface area (Å²) in [6.45, 7) is 6.22. The molecular formula is C46H51N9O9S2. The summed E-state index contributed by atoms with van der Waals surface area (Å²) in [5.74, 6) is 0.944. The Morgan fingerprint density at radius 1 is 0.788 bits per heavy atom. The number of ether oxygens (including phenoxy) is 4. The number of tetrazole rings is 1. The molecule has 0 aliphatic carbocycles. The van der Waals surface area contributed by atoms with Gasteiger partial charge in [0.1, 0.15) is 27.7 Å². The molecular weight excluding hydrogens is 887 g/mol. The molecule has 346 valence electrons. The minimum atomic E-state index is -4.94. The van der Waals surface area contributed by atoms with E-state index in [0.29, 0.717) is 45.0 Å². The molecule has 0 spiro atoms. The van der Waals surface area contributed by atoms with Crippen molar-refractivity contribution in [3.05, 3.63) is 120 Å². The highest BCUT2D eigenvalue weighted by Gasteiger charge is 2.39. The number of alkyl carbamates (subject to hydrolysis) is 1. The Kier molecular flexibility index (Phi) is 13.7. The highest BCUT2D eigenvalue weighted by molar-refractivity contribution is 7.93. The van der Waals surface area contributed by atoms with Crippen LogP contribution < -0.4 is 25.3 Å². The number of fused-ring (bicyclic) bond motifs is 1. The summed E-state index contributed by atoms with van der Waals surface area (Å²) in [4.78, 5) is 20.5. The van der Waals surface area contributed by atoms with E-state index in [1.165, 1.54) is 42.4 Å². The topological polar surface area (TPSA) is 236 Å². The minimum Gasteiger partial charge on any atom is -0.497 e. The first-order valence-corrected chi connectivity index (χ1v) is 23.8. The second kappa shape index (κ2) is 19.2. The van der Waals surface area contributed by atoms with Crippen LogP contribution in [0.2, 0.25) is 0 Å². The van der Waals surface area contributed by atoms with Gasteiger partial charge in [0.2, 0.25) is 15.8 Å². The van der Waals surface area contributed by atoms with Crippen LogP contribution in [-0.4, -0.2) is 96.1 Å². The zero-order valence-electron chi connectivity index (χ0n) is 37.5. The number of amides is 1. The Labute approximate surface area is 383 Å². The number of anilines is 1. The number of aromatic amines is 1. The summed E-state index contributed by atoms with van der Waals surface area (Å²) in [7, 11) is -4.96. The maximum absolute atomic E-state index is 16.1. The quantitative estimate of drug-likeness (QED) is 0.0871. The van der Waals surface area contributed by atoms with Crippen LogP contribution in [0.15, 0.2) is 113 Å². The first-order valence-electron chi connectivity index (χ1n) is 20.7. The molecule has 0 fully saturated rings. The molecule has 0 aliphatic rings. The van der Waals surface area contributed by atoms with Gasteiger partial charge in [-0.3, -0.25) is 0 Å². The van der Waals surface area contributed by atoms with Gasteiger partial charge in [-0.15, -0.1) is 10.2 Å². The third-order valence-electron chi connectivity index (χ3n) is 10.3. The van der Waals surface area contributed by atoms with E-state index >= 15 is 8.42 Å². The third kappa shape index (κ3) is 10.7. The van der Waals surface area contributed by atoms with Crippen molar-refractivity contribution < 1.29 is 40.6 Å². The molecule has 20 heteroatoms. The molecule has 0 bridgehead atoms. The molecule has 0 aliphatic heterocycles. The molecule has 2 heterocycles. The lowest BCUT2D eigenvalue weighted by molar-refractivity contribution is 0.0513. The second-order valence-electron chi connectivity index (χ2n) is 16.4. The molecule has 0 saturated heterocycles. The largest absolute Gasteiger partial charge is 0.497 e. The van der Waals surface area contributed by atoms with Crippen molar-refractivity contribution in [2.45, 2.75) is 68.8 Å². The number of methoxy groups -OCH3 is 3. The number of H-pyrrole nitrogens is 1. The van der Waals surface area contributed by atoms with Crippen LogP contribution >= 0.6 is 0 Å². The maximum atomic E-state index is 16.1. The number of carbonyl (C=O) groups excluding carboxylic acids is 1. The number of nitrogen functional groups attached to an aromatic ring is 1. The molecule has 4 N–H and O–H groups in total. The van der Waals surface area contributed by atoms with Crippen LogP contribution in [0.5, 0.6) is 17.2 Å². The van der Waals surface area contributed by atoms with Crippen molar-refractivity contribution in [2.24, 2.45) is 0 Å². The Hall–Kier alpha value is -7.03. The van der Waals surface area contributed by atoms with Crippen LogP contribution in [0.25, 0.3) is 33.5 Å². The highest BCUT2D eigenvalue weighted by Crippen LogP contribution is 2.43. The average Bonchev–Trinajstić information content (AvgIpc) is 3.91. The molecule has 0 saturated carbocycles. The first kappa shape index (κ1) is 46.9. The lowest BCUT2D eigenvalue weighted by Gasteiger charge is -2.27. The average molecular weight is 938 g/mol. The van der Waals surface area contributed by atoms with Crippen LogP contribution in [0, 0.1) is 0 Å². The van der Waals surface area contributed by atoms with Gasteiger partial charge in [0.05, 0.1) is 55.1 Å². The minimum absolute atomic E-state index is 0.103. The fraction of sp³-hybridized carbons (Fsp3) is 0.283. The number of nitrogens with one attached hydrogen (secondary N) is 2. The lowest BCUT2D eigenvalue weighted by atomic mass is 9.98. The van der Waals surface area contributed by atoms with E-state index in [9.17, 15) is 13.2 Å². The van der Waals surface area contributed by atoms with Gasteiger partial charge in [-0.05, 0) is 104 Å². The van der Waals surface area contributed by atoms with Crippen molar-refractivity contribution in [2.75, 3.05) is 32.8 Å². The van der Waals surface area contributed by atoms with Gasteiger partial charge in [0, 0.05) is 24.7 Å². The van der Waals surface area contributed by atoms with E-state index in [0.717, 1.165) is 5.56 Å². The number of aromatic nitrogens is 6. The Balaban J connectivity index is 1.49. The maximum Gasteiger partial charge on any atom is 0.407 e. The van der Waals surface area contributed by atoms with Crippen molar-refractivity contribution in [1.29, 1.82) is 0 Å². The number of rotatable bonds is 17. The molecule has 0 radical (unpaired) electrons. The highest BCUT2D eigenvalue weighted by atomic mass is 32.2. The summed E-state index contributed by atoms with van der Waals surface area (Å²) in [6.07, 6.45) is -0.844. The van der Waals surface area contributed by atoms with Crippen LogP contribution in [0.3, 0.4) is 0 Å². The monoisotopic (exact) mass is 937 g/mol. The van der Waals surface area contributed by atoms with E-state index in [4.69, 9.17) is 29.8 Å². The Morgan fingerprint density at radius 2 is 1.35 bits per heavy atom. The van der Waals surface area contributed by atoms with Gasteiger partial charge in [-0.25, -0.2) is 26.6 Å². The summed E-state index contributed by atoms with van der Waals surface area (Å²) in [6, 6.07) is 27.8. The molecule has 1 amide bonds. The van der Waals surface area contributed by atoms with E-state index in [1.807, 2.05) is 12.1 Å². The number of nitrogens with zero attached hydrogens (tertiary/aromatic N) is 6. The molecule has 7 aromatic rings. The molecule has 7 rings (SSSR count). The number of imidazole rings is 1. The van der Waals surface area contributed by atoms with Gasteiger partial charge < -0.3 is 35.0 Å². The molecule has 18 nitrogen and oxygen atoms in total. The van der Waals surface area contributed by atoms with E-state index in [-0.39, 0.29) is 42.5 Å². The number of hydrogen-bond acceptors (Lipinski definition) is 14. The molecule has 5 aromatic carbocycles. The number of para-hydroxylation sites is 1. The van der Waals surface area contributed by atoms with Gasteiger partial charge in [0.15, 0.2) is 15.8 Å². The van der Waals surface area contributed by atoms with E-state index in [2.05, 4.69) is 25.6 Å². The van der Waals surface area contributed by atoms with Crippen LogP contribution in [-0.2, 0) is 44.2 Å².